The number of amides is 1. The topological polar surface area (TPSA) is 112 Å². The molecule has 0 saturated carbocycles. The van der Waals surface area contributed by atoms with Crippen molar-refractivity contribution in [2.75, 3.05) is 17.3 Å². The van der Waals surface area contributed by atoms with Gasteiger partial charge in [-0.1, -0.05) is 41.1 Å². The largest absolute Gasteiger partial charge is 0.418 e. The summed E-state index contributed by atoms with van der Waals surface area (Å²) in [5.41, 5.74) is 7.06. The van der Waals surface area contributed by atoms with Crippen LogP contribution in [0.3, 0.4) is 0 Å². The third-order valence-corrected chi connectivity index (χ3v) is 5.54. The van der Waals surface area contributed by atoms with Crippen molar-refractivity contribution in [3.8, 4) is 22.8 Å². The van der Waals surface area contributed by atoms with Gasteiger partial charge in [-0.3, -0.25) is 4.79 Å². The SMILES string of the molecule is CSc1nn(CC(=O)Nc2ccccc2C(F)(F)F)c(N)c1-c1nc(-c2cccc(C)c2)no1. The van der Waals surface area contributed by atoms with E-state index < -0.39 is 24.2 Å². The predicted molar refractivity (Wildman–Crippen MR) is 122 cm³/mol. The molecule has 0 fully saturated rings. The van der Waals surface area contributed by atoms with Gasteiger partial charge in [0.05, 0.1) is 11.3 Å². The maximum Gasteiger partial charge on any atom is 0.418 e. The molecule has 1 amide bonds. The summed E-state index contributed by atoms with van der Waals surface area (Å²) in [4.78, 5) is 16.9. The second kappa shape index (κ2) is 9.21. The number of carbonyl (C=O) groups excluding carboxylic acids is 1. The molecule has 4 rings (SSSR count). The molecule has 0 unspecified atom stereocenters. The zero-order chi connectivity index (χ0) is 24.5. The van der Waals surface area contributed by atoms with Crippen LogP contribution >= 0.6 is 11.8 Å². The second-order valence-electron chi connectivity index (χ2n) is 7.31. The van der Waals surface area contributed by atoms with Crippen LogP contribution in [0.5, 0.6) is 0 Å². The molecular formula is C22H19F3N6O2S. The number of nitrogens with zero attached hydrogens (tertiary/aromatic N) is 4. The number of benzene rings is 2. The van der Waals surface area contributed by atoms with E-state index in [1.807, 2.05) is 31.2 Å². The maximum atomic E-state index is 13.2. The number of hydrogen-bond donors (Lipinski definition) is 2. The Bertz CT molecular complexity index is 1350. The van der Waals surface area contributed by atoms with E-state index >= 15 is 0 Å². The summed E-state index contributed by atoms with van der Waals surface area (Å²) in [5.74, 6) is -0.175. The van der Waals surface area contributed by atoms with E-state index in [4.69, 9.17) is 10.3 Å². The van der Waals surface area contributed by atoms with Crippen LogP contribution in [0.25, 0.3) is 22.8 Å². The lowest BCUT2D eigenvalue weighted by atomic mass is 10.1. The monoisotopic (exact) mass is 488 g/mol. The highest BCUT2D eigenvalue weighted by molar-refractivity contribution is 7.98. The summed E-state index contributed by atoms with van der Waals surface area (Å²) in [6.07, 6.45) is -2.85. The minimum Gasteiger partial charge on any atom is -0.383 e. The maximum absolute atomic E-state index is 13.2. The molecule has 12 heteroatoms. The Morgan fingerprint density at radius 3 is 2.68 bits per heavy atom. The van der Waals surface area contributed by atoms with E-state index in [9.17, 15) is 18.0 Å². The van der Waals surface area contributed by atoms with Crippen molar-refractivity contribution < 1.29 is 22.5 Å². The van der Waals surface area contributed by atoms with E-state index in [1.54, 1.807) is 6.26 Å². The molecule has 0 spiro atoms. The van der Waals surface area contributed by atoms with Gasteiger partial charge in [-0.15, -0.1) is 11.8 Å². The van der Waals surface area contributed by atoms with E-state index in [0.717, 1.165) is 17.2 Å². The average Bonchev–Trinajstić information content (AvgIpc) is 3.38. The quantitative estimate of drug-likeness (QED) is 0.373. The fourth-order valence-electron chi connectivity index (χ4n) is 3.31. The van der Waals surface area contributed by atoms with Gasteiger partial charge in [0.2, 0.25) is 11.7 Å². The van der Waals surface area contributed by atoms with E-state index in [2.05, 4.69) is 20.6 Å². The summed E-state index contributed by atoms with van der Waals surface area (Å²) in [5, 5.41) is 11.0. The number of carbonyl (C=O) groups is 1. The molecule has 0 atom stereocenters. The zero-order valence-corrected chi connectivity index (χ0v) is 18.9. The van der Waals surface area contributed by atoms with Crippen LogP contribution in [0, 0.1) is 6.92 Å². The van der Waals surface area contributed by atoms with Gasteiger partial charge in [-0.05, 0) is 31.4 Å². The number of halogens is 3. The number of nitrogens with one attached hydrogen (secondary N) is 1. The molecule has 0 bridgehead atoms. The molecule has 0 aliphatic carbocycles. The van der Waals surface area contributed by atoms with Gasteiger partial charge in [-0.25, -0.2) is 4.68 Å². The molecule has 2 aromatic carbocycles. The molecule has 4 aromatic rings. The molecule has 0 aliphatic heterocycles. The van der Waals surface area contributed by atoms with Gasteiger partial charge in [0, 0.05) is 5.56 Å². The minimum absolute atomic E-state index is 0.0723. The van der Waals surface area contributed by atoms with Crippen LogP contribution in [0.1, 0.15) is 11.1 Å². The number of hydrogen-bond acceptors (Lipinski definition) is 7. The van der Waals surface area contributed by atoms with Crippen molar-refractivity contribution in [1.29, 1.82) is 0 Å². The first kappa shape index (κ1) is 23.4. The number of nitrogens with two attached hydrogens (primary N) is 1. The Morgan fingerprint density at radius 1 is 1.21 bits per heavy atom. The smallest absolute Gasteiger partial charge is 0.383 e. The molecule has 2 aromatic heterocycles. The number of alkyl halides is 3. The van der Waals surface area contributed by atoms with Crippen molar-refractivity contribution in [3.63, 3.8) is 0 Å². The number of nitrogen functional groups attached to an aromatic ring is 1. The van der Waals surface area contributed by atoms with Crippen LogP contribution in [0.15, 0.2) is 58.1 Å². The van der Waals surface area contributed by atoms with Crippen molar-refractivity contribution in [3.05, 3.63) is 59.7 Å². The van der Waals surface area contributed by atoms with Crippen molar-refractivity contribution >= 4 is 29.2 Å². The number of anilines is 2. The molecule has 0 aliphatic rings. The Morgan fingerprint density at radius 2 is 1.97 bits per heavy atom. The van der Waals surface area contributed by atoms with Crippen LogP contribution in [0.2, 0.25) is 0 Å². The highest BCUT2D eigenvalue weighted by Crippen LogP contribution is 2.36. The van der Waals surface area contributed by atoms with Crippen LogP contribution in [-0.2, 0) is 17.5 Å². The van der Waals surface area contributed by atoms with E-state index in [1.165, 1.54) is 34.6 Å². The molecule has 3 N–H and O–H groups in total. The third kappa shape index (κ3) is 4.76. The molecule has 176 valence electrons. The fraction of sp³-hybridized carbons (Fsp3) is 0.182. The fourth-order valence-corrected chi connectivity index (χ4v) is 3.88. The highest BCUT2D eigenvalue weighted by atomic mass is 32.2. The van der Waals surface area contributed by atoms with Crippen LogP contribution < -0.4 is 11.1 Å². The summed E-state index contributed by atoms with van der Waals surface area (Å²) in [7, 11) is 0. The Balaban J connectivity index is 1.60. The number of para-hydroxylation sites is 1. The second-order valence-corrected chi connectivity index (χ2v) is 8.11. The molecule has 0 radical (unpaired) electrons. The Hall–Kier alpha value is -3.80. The number of aryl methyl sites for hydroxylation is 1. The average molecular weight is 488 g/mol. The van der Waals surface area contributed by atoms with E-state index in [0.29, 0.717) is 16.4 Å². The van der Waals surface area contributed by atoms with Crippen molar-refractivity contribution in [2.24, 2.45) is 0 Å². The van der Waals surface area contributed by atoms with Gasteiger partial charge in [0.1, 0.15) is 23.0 Å². The van der Waals surface area contributed by atoms with Gasteiger partial charge in [0.15, 0.2) is 0 Å². The molecule has 2 heterocycles. The first-order chi connectivity index (χ1) is 16.2. The van der Waals surface area contributed by atoms with Crippen LogP contribution in [-0.4, -0.2) is 32.1 Å². The zero-order valence-electron chi connectivity index (χ0n) is 18.1. The standard InChI is InChI=1S/C22H19F3N6O2S/c1-12-6-5-7-13(10-12)19-28-20(33-30-19)17-18(26)31(29-21(17)34-2)11-16(32)27-15-9-4-3-8-14(15)22(23,24)25/h3-10H,11,26H2,1-2H3,(H,27,32). The van der Waals surface area contributed by atoms with Gasteiger partial charge in [0.25, 0.3) is 5.89 Å². The Labute approximate surface area is 196 Å². The molecule has 8 nitrogen and oxygen atoms in total. The van der Waals surface area contributed by atoms with Crippen molar-refractivity contribution in [2.45, 2.75) is 24.7 Å². The third-order valence-electron chi connectivity index (χ3n) is 4.87. The summed E-state index contributed by atoms with van der Waals surface area (Å²) >= 11 is 1.25. The number of rotatable bonds is 6. The van der Waals surface area contributed by atoms with Crippen LogP contribution in [0.4, 0.5) is 24.7 Å². The molecule has 34 heavy (non-hydrogen) atoms. The van der Waals surface area contributed by atoms with Gasteiger partial charge < -0.3 is 15.6 Å². The first-order valence-corrected chi connectivity index (χ1v) is 11.2. The highest BCUT2D eigenvalue weighted by Gasteiger charge is 2.33. The first-order valence-electron chi connectivity index (χ1n) is 9.95. The lowest BCUT2D eigenvalue weighted by molar-refractivity contribution is -0.137. The van der Waals surface area contributed by atoms with E-state index in [-0.39, 0.29) is 17.4 Å². The Kier molecular flexibility index (Phi) is 6.33. The summed E-state index contributed by atoms with van der Waals surface area (Å²) in [6.45, 7) is 1.53. The number of thioether (sulfide) groups is 1. The summed E-state index contributed by atoms with van der Waals surface area (Å²) in [6, 6.07) is 12.3. The lowest BCUT2D eigenvalue weighted by Gasteiger charge is -2.13. The summed E-state index contributed by atoms with van der Waals surface area (Å²) < 4.78 is 46.2. The lowest BCUT2D eigenvalue weighted by Crippen LogP contribution is -2.22. The predicted octanol–water partition coefficient (Wildman–Crippen LogP) is 4.87. The minimum atomic E-state index is -4.61. The van der Waals surface area contributed by atoms with Gasteiger partial charge >= 0.3 is 6.18 Å². The van der Waals surface area contributed by atoms with Gasteiger partial charge in [-0.2, -0.15) is 23.3 Å². The number of aromatic nitrogens is 4. The molecule has 0 saturated heterocycles. The molecular weight excluding hydrogens is 469 g/mol. The van der Waals surface area contributed by atoms with Crippen molar-refractivity contribution in [1.82, 2.24) is 19.9 Å². The normalized spacial score (nSPS) is 11.6.